The van der Waals surface area contributed by atoms with E-state index in [0.717, 1.165) is 33.8 Å². The molecule has 9 nitrogen and oxygen atoms in total. The number of anilines is 1. The molecule has 1 aliphatic heterocycles. The van der Waals surface area contributed by atoms with Gasteiger partial charge in [-0.25, -0.2) is 9.50 Å². The standard InChI is InChI=1S/C25H31N5O4/c1-4-33-20-12-21(23-19(13-26-3)15-28-30(23)16-20)18-6-7-22(27-14-18)29-10-8-25(17-31,9-11-29)24(32)34-5-2/h6-7,12,14-16,31H,3-5,8-11,13,17H2,1-2H3. The summed E-state index contributed by atoms with van der Waals surface area (Å²) in [6.07, 6.45) is 6.56. The van der Waals surface area contributed by atoms with Gasteiger partial charge in [-0.3, -0.25) is 9.79 Å². The second kappa shape index (κ2) is 10.2. The van der Waals surface area contributed by atoms with Crippen LogP contribution in [0.3, 0.4) is 0 Å². The highest BCUT2D eigenvalue weighted by molar-refractivity contribution is 5.83. The number of aromatic nitrogens is 3. The van der Waals surface area contributed by atoms with E-state index in [0.29, 0.717) is 45.7 Å². The van der Waals surface area contributed by atoms with Crippen molar-refractivity contribution in [2.24, 2.45) is 10.4 Å². The predicted octanol–water partition coefficient (Wildman–Crippen LogP) is 3.14. The van der Waals surface area contributed by atoms with Gasteiger partial charge >= 0.3 is 5.97 Å². The number of hydrogen-bond acceptors (Lipinski definition) is 8. The summed E-state index contributed by atoms with van der Waals surface area (Å²) in [6, 6.07) is 6.02. The quantitative estimate of drug-likeness (QED) is 0.383. The maximum atomic E-state index is 12.4. The lowest BCUT2D eigenvalue weighted by Gasteiger charge is -2.39. The van der Waals surface area contributed by atoms with Crippen molar-refractivity contribution in [1.82, 2.24) is 14.6 Å². The van der Waals surface area contributed by atoms with E-state index in [4.69, 9.17) is 14.5 Å². The van der Waals surface area contributed by atoms with Crippen molar-refractivity contribution >= 4 is 24.0 Å². The van der Waals surface area contributed by atoms with Gasteiger partial charge in [0.1, 0.15) is 11.6 Å². The van der Waals surface area contributed by atoms with Crippen LogP contribution in [0.15, 0.2) is 41.8 Å². The van der Waals surface area contributed by atoms with Crippen molar-refractivity contribution < 1.29 is 19.4 Å². The first-order chi connectivity index (χ1) is 16.5. The lowest BCUT2D eigenvalue weighted by Crippen LogP contribution is -2.47. The molecule has 3 aromatic heterocycles. The summed E-state index contributed by atoms with van der Waals surface area (Å²) in [4.78, 5) is 23.3. The average Bonchev–Trinajstić information content (AvgIpc) is 3.27. The molecule has 0 radical (unpaired) electrons. The molecule has 0 spiro atoms. The number of aliphatic hydroxyl groups is 1. The molecule has 3 aromatic rings. The number of nitrogens with zero attached hydrogens (tertiary/aromatic N) is 5. The highest BCUT2D eigenvalue weighted by Crippen LogP contribution is 2.35. The molecule has 0 aliphatic carbocycles. The molecular formula is C25H31N5O4. The molecule has 1 aliphatic rings. The summed E-state index contributed by atoms with van der Waals surface area (Å²) in [5, 5.41) is 14.4. The van der Waals surface area contributed by atoms with Crippen LogP contribution in [-0.2, 0) is 16.1 Å². The number of ether oxygens (including phenoxy) is 2. The number of esters is 1. The third kappa shape index (κ3) is 4.48. The molecule has 180 valence electrons. The van der Waals surface area contributed by atoms with E-state index in [1.807, 2.05) is 42.0 Å². The molecule has 0 saturated carbocycles. The molecule has 0 atom stereocenters. The Labute approximate surface area is 199 Å². The van der Waals surface area contributed by atoms with E-state index in [2.05, 4.69) is 21.7 Å². The maximum Gasteiger partial charge on any atom is 0.314 e. The number of rotatable bonds is 9. The first-order valence-electron chi connectivity index (χ1n) is 11.6. The molecule has 0 aromatic carbocycles. The Hall–Kier alpha value is -3.46. The predicted molar refractivity (Wildman–Crippen MR) is 130 cm³/mol. The molecule has 4 rings (SSSR count). The van der Waals surface area contributed by atoms with Crippen LogP contribution < -0.4 is 9.64 Å². The van der Waals surface area contributed by atoms with Crippen LogP contribution in [0.1, 0.15) is 32.3 Å². The fraction of sp³-hybridized carbons (Fsp3) is 0.440. The van der Waals surface area contributed by atoms with Crippen molar-refractivity contribution in [3.05, 3.63) is 42.4 Å². The number of hydrogen-bond donors (Lipinski definition) is 1. The van der Waals surface area contributed by atoms with Gasteiger partial charge in [-0.05, 0) is 51.6 Å². The largest absolute Gasteiger partial charge is 0.492 e. The molecule has 0 bridgehead atoms. The molecule has 4 heterocycles. The lowest BCUT2D eigenvalue weighted by molar-refractivity contribution is -0.159. The smallest absolute Gasteiger partial charge is 0.314 e. The minimum absolute atomic E-state index is 0.203. The Bertz CT molecular complexity index is 1150. The number of carbonyl (C=O) groups excluding carboxylic acids is 1. The fourth-order valence-corrected chi connectivity index (χ4v) is 4.47. The molecule has 0 amide bonds. The number of carbonyl (C=O) groups is 1. The molecule has 1 fully saturated rings. The first-order valence-corrected chi connectivity index (χ1v) is 11.6. The monoisotopic (exact) mass is 465 g/mol. The highest BCUT2D eigenvalue weighted by Gasteiger charge is 2.42. The molecule has 0 unspecified atom stereocenters. The number of aliphatic imine (C=N–C) groups is 1. The minimum Gasteiger partial charge on any atom is -0.492 e. The van der Waals surface area contributed by atoms with E-state index in [-0.39, 0.29) is 12.6 Å². The lowest BCUT2D eigenvalue weighted by atomic mass is 9.79. The summed E-state index contributed by atoms with van der Waals surface area (Å²) in [5.74, 6) is 1.24. The molecule has 1 saturated heterocycles. The highest BCUT2D eigenvalue weighted by atomic mass is 16.5. The zero-order valence-electron chi connectivity index (χ0n) is 19.7. The second-order valence-electron chi connectivity index (χ2n) is 8.42. The summed E-state index contributed by atoms with van der Waals surface area (Å²) >= 11 is 0. The molecule has 34 heavy (non-hydrogen) atoms. The van der Waals surface area contributed by atoms with Crippen molar-refractivity contribution in [1.29, 1.82) is 0 Å². The summed E-state index contributed by atoms with van der Waals surface area (Å²) in [7, 11) is 0. The van der Waals surface area contributed by atoms with E-state index in [9.17, 15) is 9.90 Å². The third-order valence-electron chi connectivity index (χ3n) is 6.37. The van der Waals surface area contributed by atoms with Gasteiger partial charge in [0, 0.05) is 36.0 Å². The van der Waals surface area contributed by atoms with Crippen LogP contribution in [0.25, 0.3) is 16.6 Å². The summed E-state index contributed by atoms with van der Waals surface area (Å²) in [5.41, 5.74) is 3.00. The van der Waals surface area contributed by atoms with Gasteiger partial charge in [0.2, 0.25) is 0 Å². The van der Waals surface area contributed by atoms with Crippen LogP contribution in [0, 0.1) is 5.41 Å². The fourth-order valence-electron chi connectivity index (χ4n) is 4.47. The average molecular weight is 466 g/mol. The summed E-state index contributed by atoms with van der Waals surface area (Å²) in [6.45, 7) is 9.72. The second-order valence-corrected chi connectivity index (χ2v) is 8.42. The van der Waals surface area contributed by atoms with Crippen molar-refractivity contribution in [2.45, 2.75) is 33.2 Å². The Morgan fingerprint density at radius 1 is 1.24 bits per heavy atom. The van der Waals surface area contributed by atoms with E-state index < -0.39 is 5.41 Å². The number of piperidine rings is 1. The Morgan fingerprint density at radius 3 is 2.65 bits per heavy atom. The van der Waals surface area contributed by atoms with E-state index >= 15 is 0 Å². The van der Waals surface area contributed by atoms with Gasteiger partial charge in [-0.1, -0.05) is 0 Å². The zero-order valence-corrected chi connectivity index (χ0v) is 19.7. The Balaban J connectivity index is 1.59. The van der Waals surface area contributed by atoms with Crippen LogP contribution in [0.2, 0.25) is 0 Å². The van der Waals surface area contributed by atoms with Gasteiger partial charge < -0.3 is 19.5 Å². The van der Waals surface area contributed by atoms with Crippen LogP contribution in [0.5, 0.6) is 5.75 Å². The van der Waals surface area contributed by atoms with E-state index in [1.165, 1.54) is 0 Å². The van der Waals surface area contributed by atoms with E-state index in [1.54, 1.807) is 13.1 Å². The van der Waals surface area contributed by atoms with Gasteiger partial charge in [0.15, 0.2) is 0 Å². The first kappa shape index (κ1) is 23.7. The van der Waals surface area contributed by atoms with Crippen LogP contribution >= 0.6 is 0 Å². The number of pyridine rings is 2. The molecule has 1 N–H and O–H groups in total. The SMILES string of the molecule is C=NCc1cnn2cc(OCC)cc(-c3ccc(N4CCC(CO)(C(=O)OCC)CC4)nc3)c12. The van der Waals surface area contributed by atoms with Crippen LogP contribution in [0.4, 0.5) is 5.82 Å². The van der Waals surface area contributed by atoms with Gasteiger partial charge in [0.25, 0.3) is 0 Å². The molecular weight excluding hydrogens is 434 g/mol. The van der Waals surface area contributed by atoms with Crippen molar-refractivity contribution in [3.63, 3.8) is 0 Å². The van der Waals surface area contributed by atoms with Crippen LogP contribution in [-0.4, -0.2) is 65.3 Å². The Morgan fingerprint density at radius 2 is 2.03 bits per heavy atom. The number of fused-ring (bicyclic) bond motifs is 1. The van der Waals surface area contributed by atoms with Gasteiger partial charge in [0.05, 0.1) is 49.7 Å². The number of aliphatic hydroxyl groups excluding tert-OH is 1. The summed E-state index contributed by atoms with van der Waals surface area (Å²) < 4.78 is 12.8. The van der Waals surface area contributed by atoms with Gasteiger partial charge in [-0.2, -0.15) is 5.10 Å². The minimum atomic E-state index is -0.824. The van der Waals surface area contributed by atoms with Gasteiger partial charge in [-0.15, -0.1) is 0 Å². The third-order valence-corrected chi connectivity index (χ3v) is 6.37. The van der Waals surface area contributed by atoms with Crippen molar-refractivity contribution in [3.8, 4) is 16.9 Å². The van der Waals surface area contributed by atoms with Crippen molar-refractivity contribution in [2.75, 3.05) is 37.8 Å². The molecule has 9 heteroatoms. The Kier molecular flexibility index (Phi) is 7.12. The zero-order chi connectivity index (χ0) is 24.1. The topological polar surface area (TPSA) is 102 Å². The normalized spacial score (nSPS) is 15.3. The maximum absolute atomic E-state index is 12.4.